The van der Waals surface area contributed by atoms with Crippen LogP contribution in [0.3, 0.4) is 0 Å². The zero-order valence-electron chi connectivity index (χ0n) is 10.7. The maximum atomic E-state index is 13.4. The van der Waals surface area contributed by atoms with Gasteiger partial charge in [-0.2, -0.15) is 0 Å². The largest absolute Gasteiger partial charge is 0.496 e. The summed E-state index contributed by atoms with van der Waals surface area (Å²) in [4.78, 5) is 10.9. The summed E-state index contributed by atoms with van der Waals surface area (Å²) in [6.45, 7) is 0. The molecule has 2 rings (SSSR count). The Kier molecular flexibility index (Phi) is 4.02. The number of benzene rings is 2. The molecule has 0 spiro atoms. The zero-order valence-corrected chi connectivity index (χ0v) is 10.7. The molecule has 0 fully saturated rings. The Morgan fingerprint density at radius 3 is 2.29 bits per heavy atom. The summed E-state index contributed by atoms with van der Waals surface area (Å²) >= 11 is 0. The minimum Gasteiger partial charge on any atom is -0.496 e. The normalized spacial score (nSPS) is 10.3. The van der Waals surface area contributed by atoms with Gasteiger partial charge in [-0.1, -0.05) is 0 Å². The van der Waals surface area contributed by atoms with E-state index >= 15 is 0 Å². The van der Waals surface area contributed by atoms with Crippen LogP contribution in [0.2, 0.25) is 0 Å². The summed E-state index contributed by atoms with van der Waals surface area (Å²) < 4.78 is 49.2. The van der Waals surface area contributed by atoms with Gasteiger partial charge in [0.1, 0.15) is 17.1 Å². The van der Waals surface area contributed by atoms with E-state index in [4.69, 9.17) is 14.6 Å². The molecular formula is C14H9F3O4. The molecule has 0 radical (unpaired) electrons. The second kappa shape index (κ2) is 5.74. The van der Waals surface area contributed by atoms with E-state index in [2.05, 4.69) is 0 Å². The number of hydrogen-bond donors (Lipinski definition) is 1. The molecule has 0 unspecified atom stereocenters. The number of hydrogen-bond acceptors (Lipinski definition) is 3. The fourth-order valence-corrected chi connectivity index (χ4v) is 1.62. The molecular weight excluding hydrogens is 289 g/mol. The van der Waals surface area contributed by atoms with Crippen LogP contribution in [0.5, 0.6) is 17.2 Å². The number of carbonyl (C=O) groups is 1. The molecule has 2 aromatic carbocycles. The summed E-state index contributed by atoms with van der Waals surface area (Å²) in [7, 11) is 1.25. The first-order valence-electron chi connectivity index (χ1n) is 5.66. The molecule has 1 N–H and O–H groups in total. The Hall–Kier alpha value is -2.70. The first-order chi connectivity index (χ1) is 9.92. The Bertz CT molecular complexity index is 701. The van der Waals surface area contributed by atoms with E-state index in [9.17, 15) is 18.0 Å². The van der Waals surface area contributed by atoms with Crippen molar-refractivity contribution in [2.45, 2.75) is 0 Å². The fourth-order valence-electron chi connectivity index (χ4n) is 1.62. The molecule has 0 aromatic heterocycles. The van der Waals surface area contributed by atoms with Crippen LogP contribution >= 0.6 is 0 Å². The molecule has 0 amide bonds. The minimum atomic E-state index is -1.33. The molecule has 0 heterocycles. The predicted octanol–water partition coefficient (Wildman–Crippen LogP) is 3.60. The number of carboxylic acid groups (broad SMARTS) is 1. The van der Waals surface area contributed by atoms with E-state index in [0.29, 0.717) is 12.1 Å². The van der Waals surface area contributed by atoms with Crippen LogP contribution in [0.15, 0.2) is 30.3 Å². The van der Waals surface area contributed by atoms with Gasteiger partial charge in [0.2, 0.25) is 0 Å². The van der Waals surface area contributed by atoms with Gasteiger partial charge in [-0.15, -0.1) is 0 Å². The summed E-state index contributed by atoms with van der Waals surface area (Å²) in [5.41, 5.74) is -0.115. The van der Waals surface area contributed by atoms with Crippen molar-refractivity contribution >= 4 is 5.97 Å². The summed E-state index contributed by atoms with van der Waals surface area (Å²) in [5.74, 6) is -5.42. The molecule has 0 atom stereocenters. The van der Waals surface area contributed by atoms with Crippen molar-refractivity contribution in [2.24, 2.45) is 0 Å². The van der Waals surface area contributed by atoms with Crippen LogP contribution in [0, 0.1) is 17.5 Å². The van der Waals surface area contributed by atoms with Crippen molar-refractivity contribution < 1.29 is 32.5 Å². The van der Waals surface area contributed by atoms with E-state index in [1.165, 1.54) is 25.3 Å². The Balaban J connectivity index is 2.36. The summed E-state index contributed by atoms with van der Waals surface area (Å²) in [5, 5.41) is 8.92. The van der Waals surface area contributed by atoms with Crippen molar-refractivity contribution in [2.75, 3.05) is 7.11 Å². The lowest BCUT2D eigenvalue weighted by Gasteiger charge is -2.10. The Morgan fingerprint density at radius 1 is 1.00 bits per heavy atom. The molecule has 2 aromatic rings. The van der Waals surface area contributed by atoms with Crippen LogP contribution in [0.4, 0.5) is 13.2 Å². The molecule has 0 saturated heterocycles. The molecule has 0 bridgehead atoms. The van der Waals surface area contributed by atoms with Crippen LogP contribution in [0.25, 0.3) is 0 Å². The van der Waals surface area contributed by atoms with Crippen molar-refractivity contribution in [1.29, 1.82) is 0 Å². The van der Waals surface area contributed by atoms with E-state index < -0.39 is 29.2 Å². The Labute approximate surface area is 117 Å². The lowest BCUT2D eigenvalue weighted by Crippen LogP contribution is -2.01. The third-order valence-electron chi connectivity index (χ3n) is 2.61. The topological polar surface area (TPSA) is 55.8 Å². The van der Waals surface area contributed by atoms with Crippen molar-refractivity contribution in [3.8, 4) is 17.2 Å². The number of carboxylic acids is 1. The third-order valence-corrected chi connectivity index (χ3v) is 2.61. The number of rotatable bonds is 4. The van der Waals surface area contributed by atoms with Crippen LogP contribution in [0.1, 0.15) is 10.4 Å². The fraction of sp³-hybridized carbons (Fsp3) is 0.0714. The standard InChI is InChI=1S/C14H9F3O4/c1-20-12-4-7(2-3-8(12)14(18)19)21-13-6-10(16)9(15)5-11(13)17/h2-6H,1H3,(H,18,19). The molecule has 0 aliphatic carbocycles. The molecule has 7 heteroatoms. The highest BCUT2D eigenvalue weighted by Crippen LogP contribution is 2.30. The van der Waals surface area contributed by atoms with E-state index in [-0.39, 0.29) is 17.1 Å². The smallest absolute Gasteiger partial charge is 0.339 e. The lowest BCUT2D eigenvalue weighted by atomic mass is 10.2. The van der Waals surface area contributed by atoms with Gasteiger partial charge < -0.3 is 14.6 Å². The van der Waals surface area contributed by atoms with Crippen molar-refractivity contribution in [3.05, 3.63) is 53.3 Å². The van der Waals surface area contributed by atoms with Crippen molar-refractivity contribution in [3.63, 3.8) is 0 Å². The summed E-state index contributed by atoms with van der Waals surface area (Å²) in [6, 6.07) is 4.54. The summed E-state index contributed by atoms with van der Waals surface area (Å²) in [6.07, 6.45) is 0. The van der Waals surface area contributed by atoms with Gasteiger partial charge in [0.25, 0.3) is 0 Å². The number of methoxy groups -OCH3 is 1. The second-order valence-corrected chi connectivity index (χ2v) is 3.97. The Morgan fingerprint density at radius 2 is 1.67 bits per heavy atom. The highest BCUT2D eigenvalue weighted by molar-refractivity contribution is 5.91. The van der Waals surface area contributed by atoms with Gasteiger partial charge in [0.15, 0.2) is 23.2 Å². The molecule has 0 aliphatic rings. The highest BCUT2D eigenvalue weighted by atomic mass is 19.2. The predicted molar refractivity (Wildman–Crippen MR) is 66.3 cm³/mol. The van der Waals surface area contributed by atoms with Gasteiger partial charge in [0.05, 0.1) is 7.11 Å². The first kappa shape index (κ1) is 14.7. The molecule has 0 aliphatic heterocycles. The zero-order chi connectivity index (χ0) is 15.6. The number of aromatic carboxylic acids is 1. The SMILES string of the molecule is COc1cc(Oc2cc(F)c(F)cc2F)ccc1C(=O)O. The van der Waals surface area contributed by atoms with Gasteiger partial charge in [0, 0.05) is 18.2 Å². The minimum absolute atomic E-state index is 0.0111. The van der Waals surface area contributed by atoms with Crippen LogP contribution in [-0.4, -0.2) is 18.2 Å². The van der Waals surface area contributed by atoms with Gasteiger partial charge in [-0.05, 0) is 12.1 Å². The number of ether oxygens (including phenoxy) is 2. The second-order valence-electron chi connectivity index (χ2n) is 3.97. The van der Waals surface area contributed by atoms with E-state index in [0.717, 1.165) is 0 Å². The average molecular weight is 298 g/mol. The van der Waals surface area contributed by atoms with Crippen molar-refractivity contribution in [1.82, 2.24) is 0 Å². The molecule has 21 heavy (non-hydrogen) atoms. The maximum Gasteiger partial charge on any atom is 0.339 e. The number of halogens is 3. The molecule has 110 valence electrons. The van der Waals surface area contributed by atoms with E-state index in [1.807, 2.05) is 0 Å². The van der Waals surface area contributed by atoms with Gasteiger partial charge >= 0.3 is 5.97 Å². The van der Waals surface area contributed by atoms with Gasteiger partial charge in [-0.25, -0.2) is 18.0 Å². The lowest BCUT2D eigenvalue weighted by molar-refractivity contribution is 0.0693. The highest BCUT2D eigenvalue weighted by Gasteiger charge is 2.15. The van der Waals surface area contributed by atoms with E-state index in [1.54, 1.807) is 0 Å². The average Bonchev–Trinajstić information content (AvgIpc) is 2.44. The molecule has 0 saturated carbocycles. The third kappa shape index (κ3) is 3.07. The van der Waals surface area contributed by atoms with Crippen LogP contribution in [-0.2, 0) is 0 Å². The molecule has 4 nitrogen and oxygen atoms in total. The monoisotopic (exact) mass is 298 g/mol. The quantitative estimate of drug-likeness (QED) is 0.876. The van der Waals surface area contributed by atoms with Crippen LogP contribution < -0.4 is 9.47 Å². The maximum absolute atomic E-state index is 13.4. The van der Waals surface area contributed by atoms with Gasteiger partial charge in [-0.3, -0.25) is 0 Å². The first-order valence-corrected chi connectivity index (χ1v) is 5.66.